The van der Waals surface area contributed by atoms with E-state index in [1.54, 1.807) is 18.3 Å². The summed E-state index contributed by atoms with van der Waals surface area (Å²) in [6.45, 7) is 0. The Balaban J connectivity index is 1.69. The lowest BCUT2D eigenvalue weighted by Gasteiger charge is -2.09. The Morgan fingerprint density at radius 1 is 1.04 bits per heavy atom. The second kappa shape index (κ2) is 6.75. The number of halogens is 1. The van der Waals surface area contributed by atoms with Gasteiger partial charge < -0.3 is 5.32 Å². The van der Waals surface area contributed by atoms with Gasteiger partial charge in [-0.3, -0.25) is 15.1 Å². The van der Waals surface area contributed by atoms with Crippen LogP contribution in [0.3, 0.4) is 0 Å². The predicted octanol–water partition coefficient (Wildman–Crippen LogP) is 4.48. The summed E-state index contributed by atoms with van der Waals surface area (Å²) >= 11 is 0. The summed E-state index contributed by atoms with van der Waals surface area (Å²) in [4.78, 5) is 22.8. The van der Waals surface area contributed by atoms with Crippen molar-refractivity contribution in [2.24, 2.45) is 0 Å². The fourth-order valence-electron chi connectivity index (χ4n) is 2.64. The van der Waals surface area contributed by atoms with E-state index in [1.807, 2.05) is 24.3 Å². The van der Waals surface area contributed by atoms with Crippen molar-refractivity contribution in [2.75, 3.05) is 5.32 Å². The predicted molar refractivity (Wildman–Crippen MR) is 99.1 cm³/mol. The lowest BCUT2D eigenvalue weighted by atomic mass is 10.2. The van der Waals surface area contributed by atoms with Crippen LogP contribution in [-0.4, -0.2) is 19.9 Å². The van der Waals surface area contributed by atoms with Crippen LogP contribution in [0.5, 0.6) is 0 Å². The molecule has 0 unspecified atom stereocenters. The molecule has 0 aliphatic rings. The fraction of sp³-hybridized carbons (Fsp3) is 0. The first-order chi connectivity index (χ1) is 13.1. The van der Waals surface area contributed by atoms with Gasteiger partial charge in [0.05, 0.1) is 16.6 Å². The lowest BCUT2D eigenvalue weighted by molar-refractivity contribution is -0.384. The highest BCUT2D eigenvalue weighted by Crippen LogP contribution is 2.25. The highest BCUT2D eigenvalue weighted by atomic mass is 19.1. The number of rotatable bonds is 4. The third-order valence-electron chi connectivity index (χ3n) is 3.93. The van der Waals surface area contributed by atoms with Crippen molar-refractivity contribution in [3.05, 3.63) is 82.9 Å². The molecule has 8 heteroatoms. The van der Waals surface area contributed by atoms with Crippen LogP contribution in [0.15, 0.2) is 67.0 Å². The van der Waals surface area contributed by atoms with Gasteiger partial charge in [0.2, 0.25) is 0 Å². The van der Waals surface area contributed by atoms with Gasteiger partial charge in [0.25, 0.3) is 5.69 Å². The topological polar surface area (TPSA) is 93.8 Å². The smallest absolute Gasteiger partial charge is 0.270 e. The maximum absolute atomic E-state index is 14.2. The third-order valence-corrected chi connectivity index (χ3v) is 3.93. The van der Waals surface area contributed by atoms with Crippen molar-refractivity contribution in [3.8, 4) is 11.4 Å². The Morgan fingerprint density at radius 2 is 1.93 bits per heavy atom. The first-order valence-electron chi connectivity index (χ1n) is 7.99. The number of fused-ring (bicyclic) bond motifs is 1. The van der Waals surface area contributed by atoms with Crippen molar-refractivity contribution in [3.63, 3.8) is 0 Å². The van der Waals surface area contributed by atoms with Crippen molar-refractivity contribution in [1.82, 2.24) is 15.0 Å². The zero-order valence-electron chi connectivity index (χ0n) is 13.8. The minimum atomic E-state index is -0.629. The van der Waals surface area contributed by atoms with Gasteiger partial charge in [-0.2, -0.15) is 0 Å². The van der Waals surface area contributed by atoms with E-state index < -0.39 is 10.7 Å². The molecular formula is C19H12FN5O2. The third kappa shape index (κ3) is 3.40. The molecule has 132 valence electrons. The van der Waals surface area contributed by atoms with Crippen LogP contribution >= 0.6 is 0 Å². The molecule has 0 spiro atoms. The number of hydrogen-bond donors (Lipinski definition) is 1. The second-order valence-corrected chi connectivity index (χ2v) is 5.73. The van der Waals surface area contributed by atoms with Crippen LogP contribution in [0.1, 0.15) is 0 Å². The lowest BCUT2D eigenvalue weighted by Crippen LogP contribution is -2.01. The number of nitro groups is 1. The molecule has 0 aliphatic heterocycles. The number of hydrogen-bond acceptors (Lipinski definition) is 6. The maximum atomic E-state index is 14.2. The van der Waals surface area contributed by atoms with E-state index in [0.29, 0.717) is 11.3 Å². The van der Waals surface area contributed by atoms with Gasteiger partial charge >= 0.3 is 0 Å². The molecule has 0 bridgehead atoms. The standard InChI is InChI=1S/C19H12FN5O2/c20-16-11-22-18(13-3-1-5-15(10-13)25(26)27)24-19(16)23-14-6-7-17-12(9-14)4-2-8-21-17/h1-11H,(H,22,23,24). The van der Waals surface area contributed by atoms with E-state index in [2.05, 4.69) is 20.3 Å². The van der Waals surface area contributed by atoms with E-state index in [-0.39, 0.29) is 17.3 Å². The van der Waals surface area contributed by atoms with E-state index in [1.165, 1.54) is 18.2 Å². The largest absolute Gasteiger partial charge is 0.338 e. The summed E-state index contributed by atoms with van der Waals surface area (Å²) in [5, 5.41) is 14.8. The zero-order valence-corrected chi connectivity index (χ0v) is 13.8. The minimum Gasteiger partial charge on any atom is -0.338 e. The molecule has 0 saturated carbocycles. The number of benzene rings is 2. The molecule has 2 aromatic heterocycles. The molecule has 0 aliphatic carbocycles. The SMILES string of the molecule is O=[N+]([O-])c1cccc(-c2ncc(F)c(Nc3ccc4ncccc4c3)n2)c1. The van der Waals surface area contributed by atoms with Gasteiger partial charge in [-0.25, -0.2) is 14.4 Å². The summed E-state index contributed by atoms with van der Waals surface area (Å²) in [7, 11) is 0. The van der Waals surface area contributed by atoms with Gasteiger partial charge in [0, 0.05) is 35.0 Å². The highest BCUT2D eigenvalue weighted by Gasteiger charge is 2.12. The molecule has 0 saturated heterocycles. The number of pyridine rings is 1. The van der Waals surface area contributed by atoms with E-state index >= 15 is 0 Å². The quantitative estimate of drug-likeness (QED) is 0.425. The zero-order chi connectivity index (χ0) is 18.8. The minimum absolute atomic E-state index is 0.0188. The van der Waals surface area contributed by atoms with Gasteiger partial charge in [0.1, 0.15) is 0 Å². The van der Waals surface area contributed by atoms with Crippen molar-refractivity contribution in [1.29, 1.82) is 0 Å². The molecule has 2 heterocycles. The van der Waals surface area contributed by atoms with Crippen molar-refractivity contribution in [2.45, 2.75) is 0 Å². The average Bonchev–Trinajstić information content (AvgIpc) is 2.69. The first-order valence-corrected chi connectivity index (χ1v) is 7.99. The molecule has 0 atom stereocenters. The molecule has 1 N–H and O–H groups in total. The number of anilines is 2. The van der Waals surface area contributed by atoms with E-state index in [4.69, 9.17) is 0 Å². The second-order valence-electron chi connectivity index (χ2n) is 5.73. The summed E-state index contributed by atoms with van der Waals surface area (Å²) in [5.41, 5.74) is 1.80. The normalized spacial score (nSPS) is 10.7. The van der Waals surface area contributed by atoms with Gasteiger partial charge in [-0.15, -0.1) is 0 Å². The molecular weight excluding hydrogens is 349 g/mol. The van der Waals surface area contributed by atoms with Crippen molar-refractivity contribution >= 4 is 28.1 Å². The molecule has 2 aromatic carbocycles. The van der Waals surface area contributed by atoms with Crippen LogP contribution < -0.4 is 5.32 Å². The van der Waals surface area contributed by atoms with Crippen molar-refractivity contribution < 1.29 is 9.31 Å². The van der Waals surface area contributed by atoms with Gasteiger partial charge in [-0.05, 0) is 24.3 Å². The monoisotopic (exact) mass is 361 g/mol. The summed E-state index contributed by atoms with van der Waals surface area (Å²) in [5.74, 6) is -0.463. The number of aromatic nitrogens is 3. The Labute approximate surface area is 152 Å². The van der Waals surface area contributed by atoms with E-state index in [0.717, 1.165) is 17.1 Å². The maximum Gasteiger partial charge on any atom is 0.270 e. The average molecular weight is 361 g/mol. The Morgan fingerprint density at radius 3 is 2.78 bits per heavy atom. The van der Waals surface area contributed by atoms with Crippen LogP contribution in [0.2, 0.25) is 0 Å². The number of nitrogens with one attached hydrogen (secondary N) is 1. The summed E-state index contributed by atoms with van der Waals surface area (Å²) < 4.78 is 14.2. The van der Waals surface area contributed by atoms with Crippen LogP contribution in [0.25, 0.3) is 22.3 Å². The first kappa shape index (κ1) is 16.5. The number of nitro benzene ring substituents is 1. The van der Waals surface area contributed by atoms with Crippen LogP contribution in [-0.2, 0) is 0 Å². The summed E-state index contributed by atoms with van der Waals surface area (Å²) in [6, 6.07) is 15.0. The van der Waals surface area contributed by atoms with E-state index in [9.17, 15) is 14.5 Å². The molecule has 7 nitrogen and oxygen atoms in total. The number of nitrogens with zero attached hydrogens (tertiary/aromatic N) is 4. The van der Waals surface area contributed by atoms with Crippen LogP contribution in [0.4, 0.5) is 21.6 Å². The molecule has 0 amide bonds. The molecule has 27 heavy (non-hydrogen) atoms. The Hall–Kier alpha value is -3.94. The number of non-ortho nitro benzene ring substituents is 1. The highest BCUT2D eigenvalue weighted by molar-refractivity contribution is 5.83. The molecule has 0 fully saturated rings. The Kier molecular flexibility index (Phi) is 4.13. The van der Waals surface area contributed by atoms with Gasteiger partial charge in [0.15, 0.2) is 17.5 Å². The molecule has 4 rings (SSSR count). The summed E-state index contributed by atoms with van der Waals surface area (Å²) in [6.07, 6.45) is 2.73. The molecule has 0 radical (unpaired) electrons. The van der Waals surface area contributed by atoms with Crippen LogP contribution in [0, 0.1) is 15.9 Å². The Bertz CT molecular complexity index is 1170. The fourth-order valence-corrected chi connectivity index (χ4v) is 2.64. The van der Waals surface area contributed by atoms with Gasteiger partial charge in [-0.1, -0.05) is 18.2 Å². The molecule has 4 aromatic rings.